The number of carbonyl (C=O) groups is 1. The molecule has 2 atom stereocenters. The Morgan fingerprint density at radius 2 is 2.42 bits per heavy atom. The Hall–Kier alpha value is -0.990. The summed E-state index contributed by atoms with van der Waals surface area (Å²) >= 11 is 0. The highest BCUT2D eigenvalue weighted by Crippen LogP contribution is 2.12. The first kappa shape index (κ1) is 9.10. The standard InChI is InChI=1S/C9H16N2O/c1-6(2)11-8-4-5-10-9(12)7(8)3/h7-8,11H,1,4-5H2,2-3H3,(H,10,12)/t7-,8-/m0/s1. The van der Waals surface area contributed by atoms with E-state index in [-0.39, 0.29) is 17.9 Å². The molecule has 1 aliphatic rings. The Morgan fingerprint density at radius 3 is 3.00 bits per heavy atom. The third-order valence-electron chi connectivity index (χ3n) is 2.20. The average molecular weight is 168 g/mol. The quantitative estimate of drug-likeness (QED) is 0.635. The van der Waals surface area contributed by atoms with Crippen LogP contribution in [-0.2, 0) is 4.79 Å². The SMILES string of the molecule is C=C(C)N[C@H]1CCNC(=O)[C@H]1C. The highest BCUT2D eigenvalue weighted by atomic mass is 16.1. The van der Waals surface area contributed by atoms with Crippen LogP contribution in [0.1, 0.15) is 20.3 Å². The molecule has 1 fully saturated rings. The van der Waals surface area contributed by atoms with Crippen LogP contribution in [0.3, 0.4) is 0 Å². The van der Waals surface area contributed by atoms with Crippen LogP contribution in [0.4, 0.5) is 0 Å². The molecule has 0 aliphatic carbocycles. The van der Waals surface area contributed by atoms with E-state index in [1.54, 1.807) is 0 Å². The lowest BCUT2D eigenvalue weighted by molar-refractivity contribution is -0.126. The number of carbonyl (C=O) groups excluding carboxylic acids is 1. The number of rotatable bonds is 2. The van der Waals surface area contributed by atoms with Crippen molar-refractivity contribution in [2.45, 2.75) is 26.3 Å². The summed E-state index contributed by atoms with van der Waals surface area (Å²) in [4.78, 5) is 11.2. The van der Waals surface area contributed by atoms with Gasteiger partial charge >= 0.3 is 0 Å². The first-order valence-electron chi connectivity index (χ1n) is 4.31. The molecule has 1 aliphatic heterocycles. The minimum atomic E-state index is 0.0513. The van der Waals surface area contributed by atoms with Crippen LogP contribution in [0, 0.1) is 5.92 Å². The van der Waals surface area contributed by atoms with Crippen LogP contribution in [0.25, 0.3) is 0 Å². The summed E-state index contributed by atoms with van der Waals surface area (Å²) in [5.41, 5.74) is 0.932. The van der Waals surface area contributed by atoms with Gasteiger partial charge in [-0.25, -0.2) is 0 Å². The zero-order chi connectivity index (χ0) is 9.14. The molecule has 1 amide bonds. The van der Waals surface area contributed by atoms with Crippen LogP contribution in [0.15, 0.2) is 12.3 Å². The fourth-order valence-electron chi connectivity index (χ4n) is 1.46. The number of hydrogen-bond donors (Lipinski definition) is 2. The van der Waals surface area contributed by atoms with Gasteiger partial charge in [0.1, 0.15) is 0 Å². The second-order valence-electron chi connectivity index (χ2n) is 3.40. The van der Waals surface area contributed by atoms with Gasteiger partial charge in [0, 0.05) is 18.3 Å². The minimum Gasteiger partial charge on any atom is -0.385 e. The number of nitrogens with one attached hydrogen (secondary N) is 2. The molecule has 0 spiro atoms. The van der Waals surface area contributed by atoms with E-state index in [9.17, 15) is 4.79 Å². The normalized spacial score (nSPS) is 29.3. The zero-order valence-electron chi connectivity index (χ0n) is 7.68. The largest absolute Gasteiger partial charge is 0.385 e. The van der Waals surface area contributed by atoms with Gasteiger partial charge in [-0.1, -0.05) is 13.5 Å². The van der Waals surface area contributed by atoms with Crippen molar-refractivity contribution < 1.29 is 4.79 Å². The first-order valence-corrected chi connectivity index (χ1v) is 4.31. The van der Waals surface area contributed by atoms with Crippen molar-refractivity contribution in [1.82, 2.24) is 10.6 Å². The Labute approximate surface area is 73.2 Å². The summed E-state index contributed by atoms with van der Waals surface area (Å²) in [5.74, 6) is 0.190. The molecule has 0 aromatic heterocycles. The summed E-state index contributed by atoms with van der Waals surface area (Å²) < 4.78 is 0. The van der Waals surface area contributed by atoms with E-state index in [4.69, 9.17) is 0 Å². The third kappa shape index (κ3) is 2.00. The Balaban J connectivity index is 2.52. The van der Waals surface area contributed by atoms with Crippen LogP contribution in [0.2, 0.25) is 0 Å². The maximum absolute atomic E-state index is 11.2. The van der Waals surface area contributed by atoms with E-state index < -0.39 is 0 Å². The van der Waals surface area contributed by atoms with E-state index in [0.717, 1.165) is 18.7 Å². The van der Waals surface area contributed by atoms with Crippen LogP contribution < -0.4 is 10.6 Å². The summed E-state index contributed by atoms with van der Waals surface area (Å²) in [7, 11) is 0. The van der Waals surface area contributed by atoms with E-state index in [1.807, 2.05) is 13.8 Å². The fourth-order valence-corrected chi connectivity index (χ4v) is 1.46. The van der Waals surface area contributed by atoms with Gasteiger partial charge in [0.25, 0.3) is 0 Å². The molecular weight excluding hydrogens is 152 g/mol. The van der Waals surface area contributed by atoms with Gasteiger partial charge in [-0.15, -0.1) is 0 Å². The predicted octanol–water partition coefficient (Wildman–Crippen LogP) is 0.634. The van der Waals surface area contributed by atoms with Crippen LogP contribution in [0.5, 0.6) is 0 Å². The van der Waals surface area contributed by atoms with Gasteiger partial charge in [0.2, 0.25) is 5.91 Å². The molecular formula is C9H16N2O. The first-order chi connectivity index (χ1) is 5.61. The topological polar surface area (TPSA) is 41.1 Å². The molecule has 0 aromatic rings. The van der Waals surface area contributed by atoms with Crippen molar-refractivity contribution in [2.75, 3.05) is 6.54 Å². The van der Waals surface area contributed by atoms with E-state index in [2.05, 4.69) is 17.2 Å². The highest BCUT2D eigenvalue weighted by molar-refractivity contribution is 5.79. The predicted molar refractivity (Wildman–Crippen MR) is 48.5 cm³/mol. The van der Waals surface area contributed by atoms with Crippen molar-refractivity contribution >= 4 is 5.91 Å². The molecule has 1 saturated heterocycles. The lowest BCUT2D eigenvalue weighted by Gasteiger charge is -2.29. The van der Waals surface area contributed by atoms with Crippen LogP contribution >= 0.6 is 0 Å². The molecule has 0 bridgehead atoms. The number of piperidine rings is 1. The fraction of sp³-hybridized carbons (Fsp3) is 0.667. The number of hydrogen-bond acceptors (Lipinski definition) is 2. The van der Waals surface area contributed by atoms with Crippen molar-refractivity contribution in [3.8, 4) is 0 Å². The molecule has 1 heterocycles. The van der Waals surface area contributed by atoms with Gasteiger partial charge in [0.15, 0.2) is 0 Å². The van der Waals surface area contributed by atoms with Crippen molar-refractivity contribution in [2.24, 2.45) is 5.92 Å². The smallest absolute Gasteiger partial charge is 0.224 e. The van der Waals surface area contributed by atoms with Crippen molar-refractivity contribution in [1.29, 1.82) is 0 Å². The van der Waals surface area contributed by atoms with E-state index in [0.29, 0.717) is 0 Å². The molecule has 12 heavy (non-hydrogen) atoms. The molecule has 3 nitrogen and oxygen atoms in total. The van der Waals surface area contributed by atoms with Crippen LogP contribution in [-0.4, -0.2) is 18.5 Å². The minimum absolute atomic E-state index is 0.0513. The molecule has 3 heteroatoms. The van der Waals surface area contributed by atoms with E-state index >= 15 is 0 Å². The van der Waals surface area contributed by atoms with Crippen molar-refractivity contribution in [3.05, 3.63) is 12.3 Å². The summed E-state index contributed by atoms with van der Waals surface area (Å²) in [6.45, 7) is 8.39. The highest BCUT2D eigenvalue weighted by Gasteiger charge is 2.27. The van der Waals surface area contributed by atoms with Gasteiger partial charge in [-0.2, -0.15) is 0 Å². The number of allylic oxidation sites excluding steroid dienone is 1. The summed E-state index contributed by atoms with van der Waals surface area (Å²) in [6.07, 6.45) is 0.986. The van der Waals surface area contributed by atoms with Gasteiger partial charge in [-0.3, -0.25) is 4.79 Å². The average Bonchev–Trinajstić information content (AvgIpc) is 1.98. The third-order valence-corrected chi connectivity index (χ3v) is 2.20. The van der Waals surface area contributed by atoms with Gasteiger partial charge < -0.3 is 10.6 Å². The molecule has 0 aromatic carbocycles. The second-order valence-corrected chi connectivity index (χ2v) is 3.40. The molecule has 2 N–H and O–H groups in total. The van der Waals surface area contributed by atoms with Gasteiger partial charge in [-0.05, 0) is 13.3 Å². The monoisotopic (exact) mass is 168 g/mol. The molecule has 0 radical (unpaired) electrons. The zero-order valence-corrected chi connectivity index (χ0v) is 7.68. The molecule has 0 unspecified atom stereocenters. The van der Waals surface area contributed by atoms with Crippen molar-refractivity contribution in [3.63, 3.8) is 0 Å². The van der Waals surface area contributed by atoms with E-state index in [1.165, 1.54) is 0 Å². The second kappa shape index (κ2) is 3.61. The molecule has 1 rings (SSSR count). The maximum atomic E-state index is 11.2. The molecule has 0 saturated carbocycles. The maximum Gasteiger partial charge on any atom is 0.224 e. The Morgan fingerprint density at radius 1 is 1.75 bits per heavy atom. The lowest BCUT2D eigenvalue weighted by Crippen LogP contribution is -2.49. The molecule has 68 valence electrons. The summed E-state index contributed by atoms with van der Waals surface area (Å²) in [6, 6.07) is 0.260. The number of amides is 1. The lowest BCUT2D eigenvalue weighted by atomic mass is 9.94. The Kier molecular flexibility index (Phi) is 2.74. The summed E-state index contributed by atoms with van der Waals surface area (Å²) in [5, 5.41) is 6.03. The Bertz CT molecular complexity index is 201. The van der Waals surface area contributed by atoms with Gasteiger partial charge in [0.05, 0.1) is 5.92 Å².